The first-order valence-electron chi connectivity index (χ1n) is 8.35. The van der Waals surface area contributed by atoms with E-state index in [0.717, 1.165) is 37.0 Å². The number of anilines is 1. The Hall–Kier alpha value is -2.67. The largest absolute Gasteiger partial charge is 0.383 e. The van der Waals surface area contributed by atoms with Gasteiger partial charge in [0.2, 0.25) is 0 Å². The van der Waals surface area contributed by atoms with Crippen LogP contribution in [0.25, 0.3) is 0 Å². The Kier molecular flexibility index (Phi) is 5.45. The van der Waals surface area contributed by atoms with Crippen LogP contribution in [0.2, 0.25) is 0 Å². The van der Waals surface area contributed by atoms with Crippen molar-refractivity contribution in [3.8, 4) is 0 Å². The number of para-hydroxylation sites is 1. The van der Waals surface area contributed by atoms with Crippen LogP contribution < -0.4 is 10.6 Å². The van der Waals surface area contributed by atoms with Crippen LogP contribution in [-0.4, -0.2) is 37.2 Å². The number of hydrogen-bond acceptors (Lipinski definition) is 5. The second kappa shape index (κ2) is 7.94. The van der Waals surface area contributed by atoms with E-state index in [2.05, 4.69) is 15.8 Å². The maximum atomic E-state index is 12.6. The lowest BCUT2D eigenvalue weighted by molar-refractivity contribution is 0.0938. The first kappa shape index (κ1) is 17.2. The molecule has 7 heteroatoms. The van der Waals surface area contributed by atoms with Crippen molar-refractivity contribution in [2.75, 3.05) is 25.6 Å². The Morgan fingerprint density at radius 1 is 1.20 bits per heavy atom. The third kappa shape index (κ3) is 3.88. The van der Waals surface area contributed by atoms with Gasteiger partial charge in [0.15, 0.2) is 5.69 Å². The summed E-state index contributed by atoms with van der Waals surface area (Å²) >= 11 is 0. The number of carbonyl (C=O) groups is 2. The molecule has 2 N–H and O–H groups in total. The molecule has 0 atom stereocenters. The van der Waals surface area contributed by atoms with Gasteiger partial charge in [-0.1, -0.05) is 17.3 Å². The number of rotatable bonds is 6. The molecule has 0 radical (unpaired) electrons. The van der Waals surface area contributed by atoms with Crippen molar-refractivity contribution < 1.29 is 18.8 Å². The van der Waals surface area contributed by atoms with E-state index in [-0.39, 0.29) is 11.8 Å². The molecule has 0 aliphatic heterocycles. The fourth-order valence-electron chi connectivity index (χ4n) is 2.90. The van der Waals surface area contributed by atoms with Gasteiger partial charge in [-0.2, -0.15) is 0 Å². The monoisotopic (exact) mass is 343 g/mol. The van der Waals surface area contributed by atoms with Crippen molar-refractivity contribution in [3.63, 3.8) is 0 Å². The molecule has 132 valence electrons. The summed E-state index contributed by atoms with van der Waals surface area (Å²) in [5.41, 5.74) is 2.02. The van der Waals surface area contributed by atoms with E-state index < -0.39 is 0 Å². The Balaban J connectivity index is 1.75. The number of hydrogen-bond donors (Lipinski definition) is 2. The van der Waals surface area contributed by atoms with E-state index >= 15 is 0 Å². The second-order valence-corrected chi connectivity index (χ2v) is 5.89. The zero-order valence-corrected chi connectivity index (χ0v) is 14.1. The molecule has 7 nitrogen and oxygen atoms in total. The number of nitrogens with one attached hydrogen (secondary N) is 2. The standard InChI is InChI=1S/C18H21N3O4/c1-24-11-10-19-17(22)12-6-2-4-8-14(12)20-18(23)16-13-7-3-5-9-15(13)25-21-16/h2,4,6,8H,3,5,7,9-11H2,1H3,(H,19,22)(H,20,23). The molecule has 2 aromatic rings. The maximum Gasteiger partial charge on any atom is 0.278 e. The first-order valence-corrected chi connectivity index (χ1v) is 8.35. The molecule has 1 aliphatic rings. The molecule has 0 saturated heterocycles. The number of benzene rings is 1. The molecule has 1 heterocycles. The van der Waals surface area contributed by atoms with E-state index in [4.69, 9.17) is 9.26 Å². The predicted octanol–water partition coefficient (Wildman–Crippen LogP) is 2.18. The minimum atomic E-state index is -0.357. The Labute approximate surface area is 145 Å². The quantitative estimate of drug-likeness (QED) is 0.784. The van der Waals surface area contributed by atoms with Crippen LogP contribution in [0.1, 0.15) is 45.0 Å². The number of methoxy groups -OCH3 is 1. The normalized spacial score (nSPS) is 13.2. The van der Waals surface area contributed by atoms with E-state index in [1.165, 1.54) is 0 Å². The van der Waals surface area contributed by atoms with Gasteiger partial charge in [-0.25, -0.2) is 0 Å². The third-order valence-electron chi connectivity index (χ3n) is 4.18. The van der Waals surface area contributed by atoms with E-state index in [9.17, 15) is 9.59 Å². The summed E-state index contributed by atoms with van der Waals surface area (Å²) in [6.45, 7) is 0.819. The smallest absolute Gasteiger partial charge is 0.278 e. The fraction of sp³-hybridized carbons (Fsp3) is 0.389. The second-order valence-electron chi connectivity index (χ2n) is 5.89. The average molecular weight is 343 g/mol. The molecule has 2 amide bonds. The van der Waals surface area contributed by atoms with Crippen molar-refractivity contribution in [2.24, 2.45) is 0 Å². The molecule has 1 aromatic heterocycles. The van der Waals surface area contributed by atoms with Gasteiger partial charge in [0.05, 0.1) is 17.9 Å². The van der Waals surface area contributed by atoms with Gasteiger partial charge in [0, 0.05) is 25.6 Å². The molecule has 1 aromatic carbocycles. The lowest BCUT2D eigenvalue weighted by atomic mass is 9.96. The van der Waals surface area contributed by atoms with Gasteiger partial charge in [0.1, 0.15) is 5.76 Å². The number of aromatic nitrogens is 1. The highest BCUT2D eigenvalue weighted by Crippen LogP contribution is 2.25. The number of fused-ring (bicyclic) bond motifs is 1. The van der Waals surface area contributed by atoms with Crippen LogP contribution in [0.5, 0.6) is 0 Å². The average Bonchev–Trinajstić information content (AvgIpc) is 3.06. The Bertz CT molecular complexity index is 769. The van der Waals surface area contributed by atoms with Gasteiger partial charge in [-0.15, -0.1) is 0 Å². The zero-order valence-electron chi connectivity index (χ0n) is 14.1. The number of amides is 2. The highest BCUT2D eigenvalue weighted by Gasteiger charge is 2.24. The SMILES string of the molecule is COCCNC(=O)c1ccccc1NC(=O)c1noc2c1CCCC2. The van der Waals surface area contributed by atoms with Crippen LogP contribution in [0.15, 0.2) is 28.8 Å². The first-order chi connectivity index (χ1) is 12.2. The van der Waals surface area contributed by atoms with Crippen molar-refractivity contribution in [2.45, 2.75) is 25.7 Å². The lowest BCUT2D eigenvalue weighted by Crippen LogP contribution is -2.28. The number of aryl methyl sites for hydroxylation is 1. The van der Waals surface area contributed by atoms with Crippen LogP contribution in [0, 0.1) is 0 Å². The summed E-state index contributed by atoms with van der Waals surface area (Å²) in [7, 11) is 1.57. The third-order valence-corrected chi connectivity index (χ3v) is 4.18. The molecule has 0 saturated carbocycles. The molecule has 0 unspecified atom stereocenters. The van der Waals surface area contributed by atoms with Gasteiger partial charge in [0.25, 0.3) is 11.8 Å². The summed E-state index contributed by atoms with van der Waals surface area (Å²) in [6, 6.07) is 6.87. The van der Waals surface area contributed by atoms with Crippen molar-refractivity contribution in [1.29, 1.82) is 0 Å². The van der Waals surface area contributed by atoms with E-state index in [1.807, 2.05) is 0 Å². The molecular formula is C18H21N3O4. The van der Waals surface area contributed by atoms with Crippen molar-refractivity contribution in [3.05, 3.63) is 46.8 Å². The van der Waals surface area contributed by atoms with E-state index in [1.54, 1.807) is 31.4 Å². The predicted molar refractivity (Wildman–Crippen MR) is 91.7 cm³/mol. The Morgan fingerprint density at radius 3 is 2.84 bits per heavy atom. The molecule has 0 bridgehead atoms. The van der Waals surface area contributed by atoms with Crippen LogP contribution >= 0.6 is 0 Å². The summed E-state index contributed by atoms with van der Waals surface area (Å²) in [5.74, 6) is 0.168. The van der Waals surface area contributed by atoms with Gasteiger partial charge < -0.3 is 19.9 Å². The maximum absolute atomic E-state index is 12.6. The molecule has 0 fully saturated rings. The molecule has 0 spiro atoms. The Morgan fingerprint density at radius 2 is 2.00 bits per heavy atom. The van der Waals surface area contributed by atoms with Crippen molar-refractivity contribution >= 4 is 17.5 Å². The minimum absolute atomic E-state index is 0.268. The minimum Gasteiger partial charge on any atom is -0.383 e. The summed E-state index contributed by atoms with van der Waals surface area (Å²) in [4.78, 5) is 24.9. The van der Waals surface area contributed by atoms with Crippen LogP contribution in [0.3, 0.4) is 0 Å². The number of ether oxygens (including phenoxy) is 1. The van der Waals surface area contributed by atoms with Crippen molar-refractivity contribution in [1.82, 2.24) is 10.5 Å². The molecular weight excluding hydrogens is 322 g/mol. The van der Waals surface area contributed by atoms with Gasteiger partial charge in [-0.05, 0) is 31.4 Å². The fourth-order valence-corrected chi connectivity index (χ4v) is 2.90. The number of carbonyl (C=O) groups excluding carboxylic acids is 2. The summed E-state index contributed by atoms with van der Waals surface area (Å²) in [5, 5.41) is 9.45. The zero-order chi connectivity index (χ0) is 17.6. The molecule has 1 aliphatic carbocycles. The lowest BCUT2D eigenvalue weighted by Gasteiger charge is -2.12. The topological polar surface area (TPSA) is 93.5 Å². The van der Waals surface area contributed by atoms with Gasteiger partial charge in [-0.3, -0.25) is 9.59 Å². The summed E-state index contributed by atoms with van der Waals surface area (Å²) < 4.78 is 10.2. The molecule has 25 heavy (non-hydrogen) atoms. The highest BCUT2D eigenvalue weighted by atomic mass is 16.5. The van der Waals surface area contributed by atoms with E-state index in [0.29, 0.717) is 30.1 Å². The highest BCUT2D eigenvalue weighted by molar-refractivity contribution is 6.08. The summed E-state index contributed by atoms with van der Waals surface area (Å²) in [6.07, 6.45) is 3.68. The molecule has 3 rings (SSSR count). The van der Waals surface area contributed by atoms with Gasteiger partial charge >= 0.3 is 0 Å². The van der Waals surface area contributed by atoms with Crippen LogP contribution in [-0.2, 0) is 17.6 Å². The van der Waals surface area contributed by atoms with Crippen LogP contribution in [0.4, 0.5) is 5.69 Å². The number of nitrogens with zero attached hydrogens (tertiary/aromatic N) is 1.